The highest BCUT2D eigenvalue weighted by molar-refractivity contribution is 5.83. The summed E-state index contributed by atoms with van der Waals surface area (Å²) < 4.78 is 168. The van der Waals surface area contributed by atoms with Crippen LogP contribution in [-0.4, -0.2) is 0 Å². The fourth-order valence-corrected chi connectivity index (χ4v) is 5.50. The van der Waals surface area contributed by atoms with Crippen molar-refractivity contribution in [3.63, 3.8) is 0 Å². The molecule has 0 heterocycles. The van der Waals surface area contributed by atoms with Gasteiger partial charge in [-0.25, -0.2) is 0 Å². The Balaban J connectivity index is 1.24. The second-order valence-electron chi connectivity index (χ2n) is 10.8. The molecule has 0 unspecified atom stereocenters. The van der Waals surface area contributed by atoms with Crippen LogP contribution in [0.25, 0.3) is 33.4 Å². The Bertz CT molecular complexity index is 3250. The summed E-state index contributed by atoms with van der Waals surface area (Å²) in [7, 11) is 0. The van der Waals surface area contributed by atoms with Crippen molar-refractivity contribution in [3.8, 4) is 33.4 Å². The predicted octanol–water partition coefficient (Wildman–Crippen LogP) is 13.6. The first-order valence-electron chi connectivity index (χ1n) is 25.4. The molecule has 0 N–H and O–H groups in total. The molecule has 0 fully saturated rings. The van der Waals surface area contributed by atoms with Crippen LogP contribution < -0.4 is 9.80 Å². The smallest absolute Gasteiger partial charge is 0.0645 e. The average Bonchev–Trinajstić information content (AvgIpc) is 3.36. The maximum absolute atomic E-state index is 8.75. The molecule has 0 amide bonds. The highest BCUT2D eigenvalue weighted by Gasteiger charge is 2.15. The van der Waals surface area contributed by atoms with Gasteiger partial charge < -0.3 is 9.80 Å². The third-order valence-electron chi connectivity index (χ3n) is 7.81. The van der Waals surface area contributed by atoms with Crippen LogP contribution in [0, 0.1) is 0 Å². The molecule has 8 rings (SSSR count). The van der Waals surface area contributed by atoms with E-state index in [4.69, 9.17) is 27.4 Å². The van der Waals surface area contributed by atoms with E-state index in [9.17, 15) is 0 Å². The second kappa shape index (κ2) is 14.2. The first-order valence-corrected chi connectivity index (χ1v) is 15.4. The molecule has 2 nitrogen and oxygen atoms in total. The van der Waals surface area contributed by atoms with Gasteiger partial charge in [-0.2, -0.15) is 0 Å². The number of benzene rings is 8. The zero-order valence-electron chi connectivity index (χ0n) is 46.1. The van der Waals surface area contributed by atoms with Crippen LogP contribution in [0.4, 0.5) is 34.1 Å². The predicted molar refractivity (Wildman–Crippen MR) is 212 cm³/mol. The zero-order valence-corrected chi connectivity index (χ0v) is 26.1. The Hall–Kier alpha value is -6.64. The summed E-state index contributed by atoms with van der Waals surface area (Å²) in [4.78, 5) is 2.88. The van der Waals surface area contributed by atoms with Gasteiger partial charge in [0.1, 0.15) is 0 Å². The summed E-state index contributed by atoms with van der Waals surface area (Å²) in [5, 5.41) is 0. The first-order chi connectivity index (χ1) is 33.1. The van der Waals surface area contributed by atoms with E-state index in [1.165, 1.54) is 12.1 Å². The molecule has 0 saturated heterocycles. The summed E-state index contributed by atoms with van der Waals surface area (Å²) in [6, 6.07) is 15.5. The van der Waals surface area contributed by atoms with Gasteiger partial charge in [0.2, 0.25) is 0 Å². The Labute approximate surface area is 322 Å². The van der Waals surface area contributed by atoms with Crippen molar-refractivity contribution in [1.82, 2.24) is 0 Å². The van der Waals surface area contributed by atoms with Crippen LogP contribution >= 0.6 is 0 Å². The lowest BCUT2D eigenvalue weighted by Crippen LogP contribution is -2.10. The van der Waals surface area contributed by atoms with Crippen molar-refractivity contribution < 1.29 is 27.4 Å². The molecule has 0 atom stereocenters. The number of hydrogen-bond acceptors (Lipinski definition) is 2. The van der Waals surface area contributed by atoms with E-state index in [-0.39, 0.29) is 28.9 Å². The van der Waals surface area contributed by atoms with E-state index in [1.807, 2.05) is 4.90 Å². The normalized spacial score (nSPS) is 16.4. The van der Waals surface area contributed by atoms with Crippen LogP contribution in [0.1, 0.15) is 27.4 Å². The molecule has 0 bridgehead atoms. The quantitative estimate of drug-likeness (QED) is 0.152. The maximum Gasteiger partial charge on any atom is 0.0645 e. The lowest BCUT2D eigenvalue weighted by atomic mass is 10.0. The monoisotopic (exact) mass is 660 g/mol. The minimum atomic E-state index is -0.690. The lowest BCUT2D eigenvalue weighted by Gasteiger charge is -2.27. The molecule has 0 saturated carbocycles. The van der Waals surface area contributed by atoms with E-state index in [0.29, 0.717) is 39.3 Å². The van der Waals surface area contributed by atoms with Gasteiger partial charge in [-0.1, -0.05) is 145 Å². The van der Waals surface area contributed by atoms with Crippen LogP contribution in [0.15, 0.2) is 218 Å². The zero-order chi connectivity index (χ0) is 50.9. The first kappa shape index (κ1) is 15.7. The van der Waals surface area contributed by atoms with Crippen LogP contribution in [0.2, 0.25) is 0 Å². The Morgan fingerprint density at radius 3 is 1.02 bits per heavy atom. The van der Waals surface area contributed by atoms with Gasteiger partial charge in [0.05, 0.1) is 27.4 Å². The molecular formula is C48H36N2. The van der Waals surface area contributed by atoms with Crippen LogP contribution in [0.5, 0.6) is 0 Å². The summed E-state index contributed by atoms with van der Waals surface area (Å²) in [6.07, 6.45) is 0. The molecule has 238 valence electrons. The Kier molecular flexibility index (Phi) is 4.47. The van der Waals surface area contributed by atoms with E-state index < -0.39 is 120 Å². The van der Waals surface area contributed by atoms with E-state index >= 15 is 0 Å². The summed E-state index contributed by atoms with van der Waals surface area (Å²) in [5.74, 6) is 0. The topological polar surface area (TPSA) is 6.48 Å². The van der Waals surface area contributed by atoms with E-state index in [0.717, 1.165) is 4.90 Å². The van der Waals surface area contributed by atoms with Crippen molar-refractivity contribution >= 4 is 34.1 Å². The third-order valence-corrected chi connectivity index (χ3v) is 7.81. The molecule has 8 aromatic carbocycles. The third kappa shape index (κ3) is 6.56. The minimum Gasteiger partial charge on any atom is -0.311 e. The van der Waals surface area contributed by atoms with E-state index in [2.05, 4.69) is 0 Å². The summed E-state index contributed by atoms with van der Waals surface area (Å²) in [6.45, 7) is 0. The Morgan fingerprint density at radius 1 is 0.260 bits per heavy atom. The molecule has 0 aliphatic heterocycles. The molecule has 0 spiro atoms. The number of para-hydroxylation sites is 2. The van der Waals surface area contributed by atoms with Gasteiger partial charge in [0.15, 0.2) is 0 Å². The Morgan fingerprint density at radius 2 is 0.600 bits per heavy atom. The van der Waals surface area contributed by atoms with Crippen LogP contribution in [0.3, 0.4) is 0 Å². The van der Waals surface area contributed by atoms with Gasteiger partial charge in [-0.3, -0.25) is 0 Å². The summed E-state index contributed by atoms with van der Waals surface area (Å²) >= 11 is 0. The lowest BCUT2D eigenvalue weighted by molar-refractivity contribution is 1.28. The average molecular weight is 661 g/mol. The summed E-state index contributed by atoms with van der Waals surface area (Å²) in [5.41, 5.74) is 2.82. The van der Waals surface area contributed by atoms with Crippen molar-refractivity contribution in [2.75, 3.05) is 9.80 Å². The highest BCUT2D eigenvalue weighted by atomic mass is 15.1. The molecule has 8 aromatic rings. The van der Waals surface area contributed by atoms with Crippen LogP contribution in [-0.2, 0) is 0 Å². The number of hydrogen-bond donors (Lipinski definition) is 0. The number of nitrogens with zero attached hydrogens (tertiary/aromatic N) is 2. The fourth-order valence-electron chi connectivity index (χ4n) is 5.50. The van der Waals surface area contributed by atoms with E-state index in [1.54, 1.807) is 84.9 Å². The molecule has 0 aliphatic carbocycles. The number of anilines is 6. The second-order valence-corrected chi connectivity index (χ2v) is 10.8. The number of rotatable bonds is 9. The molecule has 0 radical (unpaired) electrons. The molecule has 0 aromatic heterocycles. The standard InChI is InChI=1S/C48H36N2/c1-5-14-37(15-6-1)39-24-32-46(33-25-39)50(48-23-13-18-42(36-48)38-16-7-2-8-17-38)47-34-28-41(29-35-47)40-26-30-45(31-27-40)49(43-19-9-3-10-20-43)44-21-11-4-12-22-44/h1-36H/i1D,2D,3D,4D,5D,6D,7D,8D,9D,10D,11D,12D,14D,15D,16D,17D,19D,20D,21D,22D. The fraction of sp³-hybridized carbons (Fsp3) is 0. The highest BCUT2D eigenvalue weighted by Crippen LogP contribution is 2.39. The van der Waals surface area contributed by atoms with Gasteiger partial charge in [-0.15, -0.1) is 0 Å². The van der Waals surface area contributed by atoms with Gasteiger partial charge >= 0.3 is 0 Å². The van der Waals surface area contributed by atoms with Crippen molar-refractivity contribution in [2.24, 2.45) is 0 Å². The van der Waals surface area contributed by atoms with Crippen molar-refractivity contribution in [1.29, 1.82) is 0 Å². The molecule has 50 heavy (non-hydrogen) atoms. The minimum absolute atomic E-state index is 0.00685. The van der Waals surface area contributed by atoms with Crippen molar-refractivity contribution in [2.45, 2.75) is 0 Å². The molecule has 0 aliphatic rings. The maximum atomic E-state index is 8.75. The molecular weight excluding hydrogens is 605 g/mol. The largest absolute Gasteiger partial charge is 0.311 e. The van der Waals surface area contributed by atoms with Crippen molar-refractivity contribution in [3.05, 3.63) is 218 Å². The van der Waals surface area contributed by atoms with Gasteiger partial charge in [0.25, 0.3) is 0 Å². The van der Waals surface area contributed by atoms with Gasteiger partial charge in [-0.05, 0) is 106 Å². The SMILES string of the molecule is [2H]c1c([2H])c([2H])c(-c2ccc(N(c3ccc(-c4ccc(N(c5c([2H])c([2H])c([2H])c([2H])c5[2H])c5c([2H])c([2H])c([2H])c([2H])c5[2H])cc4)cc3)c3cccc(-c4c([2H])c([2H])c([2H])c([2H])c4[2H])c3)cc2)c([2H])c1[2H]. The molecule has 2 heteroatoms. The van der Waals surface area contributed by atoms with Gasteiger partial charge in [0, 0.05) is 34.1 Å².